The summed E-state index contributed by atoms with van der Waals surface area (Å²) in [5.41, 5.74) is 1.69. The number of anilines is 1. The van der Waals surface area contributed by atoms with Gasteiger partial charge in [0.15, 0.2) is 0 Å². The summed E-state index contributed by atoms with van der Waals surface area (Å²) in [5, 5.41) is 5.42. The van der Waals surface area contributed by atoms with Crippen molar-refractivity contribution >= 4 is 17.5 Å². The third-order valence-corrected chi connectivity index (χ3v) is 4.99. The first-order valence-electron chi connectivity index (χ1n) is 9.76. The molecule has 3 rings (SSSR count). The lowest BCUT2D eigenvalue weighted by Gasteiger charge is -2.28. The van der Waals surface area contributed by atoms with Crippen LogP contribution in [0.25, 0.3) is 0 Å². The van der Waals surface area contributed by atoms with E-state index < -0.39 is 11.8 Å². The highest BCUT2D eigenvalue weighted by Gasteiger charge is 2.26. The van der Waals surface area contributed by atoms with E-state index in [-0.39, 0.29) is 6.04 Å². The summed E-state index contributed by atoms with van der Waals surface area (Å²) in [5.74, 6) is -0.579. The number of amides is 2. The number of carbonyl (C=O) groups excluding carboxylic acids is 2. The molecule has 2 aromatic rings. The molecular weight excluding hydrogens is 356 g/mol. The highest BCUT2D eigenvalue weighted by molar-refractivity contribution is 6.39. The van der Waals surface area contributed by atoms with Gasteiger partial charge in [-0.05, 0) is 69.3 Å². The lowest BCUT2D eigenvalue weighted by atomic mass is 10.1. The van der Waals surface area contributed by atoms with Gasteiger partial charge in [-0.3, -0.25) is 14.5 Å². The van der Waals surface area contributed by atoms with Crippen molar-refractivity contribution in [3.8, 4) is 5.75 Å². The summed E-state index contributed by atoms with van der Waals surface area (Å²) in [7, 11) is 2.00. The highest BCUT2D eigenvalue weighted by atomic mass is 16.5. The predicted octanol–water partition coefficient (Wildman–Crippen LogP) is 2.32. The van der Waals surface area contributed by atoms with Crippen LogP contribution in [-0.2, 0) is 16.6 Å². The standard InChI is InChI=1S/C21H28N4O3/c1-3-28-17-10-8-16(9-11-17)23-21(27)20(26)22-15-19(25-13-4-5-14-25)18-7-6-12-24(18)2/h6-12,19H,3-5,13-15H2,1-2H3,(H,22,26)(H,23,27). The van der Waals surface area contributed by atoms with Gasteiger partial charge in [-0.15, -0.1) is 0 Å². The van der Waals surface area contributed by atoms with Crippen LogP contribution in [0.3, 0.4) is 0 Å². The average molecular weight is 384 g/mol. The minimum absolute atomic E-state index is 0.0599. The molecular formula is C21H28N4O3. The zero-order valence-electron chi connectivity index (χ0n) is 16.5. The molecule has 0 radical (unpaired) electrons. The number of aryl methyl sites for hydroxylation is 1. The summed E-state index contributed by atoms with van der Waals surface area (Å²) in [6.07, 6.45) is 4.32. The van der Waals surface area contributed by atoms with Crippen molar-refractivity contribution in [2.75, 3.05) is 31.6 Å². The number of hydrogen-bond acceptors (Lipinski definition) is 4. The molecule has 1 unspecified atom stereocenters. The number of rotatable bonds is 7. The van der Waals surface area contributed by atoms with Crippen LogP contribution in [0.1, 0.15) is 31.5 Å². The Kier molecular flexibility index (Phi) is 6.71. The van der Waals surface area contributed by atoms with Crippen LogP contribution in [0.15, 0.2) is 42.6 Å². The van der Waals surface area contributed by atoms with Gasteiger partial charge in [0.1, 0.15) is 5.75 Å². The highest BCUT2D eigenvalue weighted by Crippen LogP contribution is 2.24. The van der Waals surface area contributed by atoms with Crippen LogP contribution in [0, 0.1) is 0 Å². The monoisotopic (exact) mass is 384 g/mol. The molecule has 0 saturated carbocycles. The van der Waals surface area contributed by atoms with Gasteiger partial charge < -0.3 is 19.9 Å². The Hall–Kier alpha value is -2.80. The van der Waals surface area contributed by atoms with Crippen LogP contribution in [0.2, 0.25) is 0 Å². The Morgan fingerprint density at radius 3 is 2.43 bits per heavy atom. The van der Waals surface area contributed by atoms with Gasteiger partial charge in [-0.1, -0.05) is 0 Å². The zero-order chi connectivity index (χ0) is 19.9. The van der Waals surface area contributed by atoms with Gasteiger partial charge in [-0.25, -0.2) is 0 Å². The largest absolute Gasteiger partial charge is 0.494 e. The van der Waals surface area contributed by atoms with Gasteiger partial charge in [0.05, 0.1) is 12.6 Å². The number of nitrogens with one attached hydrogen (secondary N) is 2. The first-order valence-corrected chi connectivity index (χ1v) is 9.76. The molecule has 2 N–H and O–H groups in total. The summed E-state index contributed by atoms with van der Waals surface area (Å²) < 4.78 is 7.44. The molecule has 0 aliphatic carbocycles. The molecule has 1 aromatic carbocycles. The smallest absolute Gasteiger partial charge is 0.313 e. The Bertz CT molecular complexity index is 794. The van der Waals surface area contributed by atoms with E-state index in [1.54, 1.807) is 24.3 Å². The number of carbonyl (C=O) groups is 2. The fourth-order valence-corrected chi connectivity index (χ4v) is 3.55. The van der Waals surface area contributed by atoms with E-state index in [1.807, 2.05) is 26.2 Å². The first-order chi connectivity index (χ1) is 13.6. The van der Waals surface area contributed by atoms with Crippen LogP contribution in [-0.4, -0.2) is 47.5 Å². The number of likely N-dealkylation sites (tertiary alicyclic amines) is 1. The van der Waals surface area contributed by atoms with Gasteiger partial charge in [0.25, 0.3) is 0 Å². The van der Waals surface area contributed by atoms with E-state index in [2.05, 4.69) is 26.2 Å². The molecule has 2 amide bonds. The van der Waals surface area contributed by atoms with Crippen LogP contribution in [0.5, 0.6) is 5.75 Å². The van der Waals surface area contributed by atoms with E-state index in [4.69, 9.17) is 4.74 Å². The predicted molar refractivity (Wildman–Crippen MR) is 108 cm³/mol. The molecule has 1 saturated heterocycles. The molecule has 0 bridgehead atoms. The molecule has 1 atom stereocenters. The molecule has 1 aliphatic rings. The van der Waals surface area contributed by atoms with E-state index in [0.29, 0.717) is 18.8 Å². The van der Waals surface area contributed by atoms with Crippen molar-refractivity contribution in [2.45, 2.75) is 25.8 Å². The molecule has 1 aromatic heterocycles. The number of benzene rings is 1. The average Bonchev–Trinajstić information content (AvgIpc) is 3.36. The molecule has 28 heavy (non-hydrogen) atoms. The van der Waals surface area contributed by atoms with Crippen molar-refractivity contribution in [3.05, 3.63) is 48.3 Å². The fraction of sp³-hybridized carbons (Fsp3) is 0.429. The summed E-state index contributed by atoms with van der Waals surface area (Å²) in [6, 6.07) is 11.1. The second-order valence-electron chi connectivity index (χ2n) is 6.92. The normalized spacial score (nSPS) is 15.2. The van der Waals surface area contributed by atoms with Gasteiger partial charge in [0.2, 0.25) is 0 Å². The first kappa shape index (κ1) is 19.9. The van der Waals surface area contributed by atoms with Gasteiger partial charge in [0, 0.05) is 31.2 Å². The molecule has 1 aliphatic heterocycles. The topological polar surface area (TPSA) is 75.6 Å². The molecule has 0 spiro atoms. The van der Waals surface area contributed by atoms with E-state index in [1.165, 1.54) is 0 Å². The second-order valence-corrected chi connectivity index (χ2v) is 6.92. The maximum Gasteiger partial charge on any atom is 0.313 e. The number of aromatic nitrogens is 1. The second kappa shape index (κ2) is 9.41. The Labute approximate surface area is 165 Å². The van der Waals surface area contributed by atoms with Crippen LogP contribution in [0.4, 0.5) is 5.69 Å². The summed E-state index contributed by atoms with van der Waals surface area (Å²) >= 11 is 0. The lowest BCUT2D eigenvalue weighted by Crippen LogP contribution is -2.41. The summed E-state index contributed by atoms with van der Waals surface area (Å²) in [4.78, 5) is 26.9. The Morgan fingerprint density at radius 1 is 1.11 bits per heavy atom. The third-order valence-electron chi connectivity index (χ3n) is 4.99. The van der Waals surface area contributed by atoms with E-state index in [0.717, 1.165) is 37.4 Å². The minimum Gasteiger partial charge on any atom is -0.494 e. The Balaban J connectivity index is 1.57. The molecule has 2 heterocycles. The van der Waals surface area contributed by atoms with Crippen molar-refractivity contribution < 1.29 is 14.3 Å². The third kappa shape index (κ3) is 4.92. The van der Waals surface area contributed by atoms with E-state index in [9.17, 15) is 9.59 Å². The number of hydrogen-bond donors (Lipinski definition) is 2. The SMILES string of the molecule is CCOc1ccc(NC(=O)C(=O)NCC(c2cccn2C)N2CCCC2)cc1. The Morgan fingerprint density at radius 2 is 1.82 bits per heavy atom. The van der Waals surface area contributed by atoms with Crippen molar-refractivity contribution in [1.29, 1.82) is 0 Å². The molecule has 1 fully saturated rings. The lowest BCUT2D eigenvalue weighted by molar-refractivity contribution is -0.136. The van der Waals surface area contributed by atoms with Crippen molar-refractivity contribution in [2.24, 2.45) is 7.05 Å². The quantitative estimate of drug-likeness (QED) is 0.719. The minimum atomic E-state index is -0.670. The maximum absolute atomic E-state index is 12.3. The fourth-order valence-electron chi connectivity index (χ4n) is 3.55. The van der Waals surface area contributed by atoms with Gasteiger partial charge >= 0.3 is 11.8 Å². The zero-order valence-corrected chi connectivity index (χ0v) is 16.5. The van der Waals surface area contributed by atoms with Crippen molar-refractivity contribution in [3.63, 3.8) is 0 Å². The van der Waals surface area contributed by atoms with E-state index >= 15 is 0 Å². The summed E-state index contributed by atoms with van der Waals surface area (Å²) in [6.45, 7) is 4.89. The van der Waals surface area contributed by atoms with Crippen LogP contribution < -0.4 is 15.4 Å². The van der Waals surface area contributed by atoms with Crippen LogP contribution >= 0.6 is 0 Å². The van der Waals surface area contributed by atoms with Gasteiger partial charge in [-0.2, -0.15) is 0 Å². The number of nitrogens with zero attached hydrogens (tertiary/aromatic N) is 2. The molecule has 7 heteroatoms. The van der Waals surface area contributed by atoms with Crippen molar-refractivity contribution in [1.82, 2.24) is 14.8 Å². The number of ether oxygens (including phenoxy) is 1. The molecule has 150 valence electrons. The molecule has 7 nitrogen and oxygen atoms in total. The maximum atomic E-state index is 12.3.